The number of nitrogens with one attached hydrogen (secondary N) is 1. The maximum atomic E-state index is 13.5. The van der Waals surface area contributed by atoms with Gasteiger partial charge in [0.15, 0.2) is 0 Å². The number of carbonyl (C=O) groups excluding carboxylic acids is 2. The van der Waals surface area contributed by atoms with Crippen molar-refractivity contribution in [3.8, 4) is 5.75 Å². The molecule has 1 aliphatic rings. The number of aryl methyl sites for hydroxylation is 1. The van der Waals surface area contributed by atoms with Gasteiger partial charge in [-0.1, -0.05) is 24.3 Å². The van der Waals surface area contributed by atoms with Crippen LogP contribution in [0.5, 0.6) is 5.75 Å². The summed E-state index contributed by atoms with van der Waals surface area (Å²) in [6.45, 7) is 8.10. The molecule has 1 aliphatic heterocycles. The van der Waals surface area contributed by atoms with E-state index in [1.807, 2.05) is 70.2 Å². The van der Waals surface area contributed by atoms with Crippen LogP contribution >= 0.6 is 0 Å². The largest absolute Gasteiger partial charge is 0.491 e. The lowest BCUT2D eigenvalue weighted by Crippen LogP contribution is -2.32. The summed E-state index contributed by atoms with van der Waals surface area (Å²) < 4.78 is 5.73. The maximum Gasteiger partial charge on any atom is 0.278 e. The van der Waals surface area contributed by atoms with Crippen LogP contribution in [0.25, 0.3) is 5.57 Å². The summed E-state index contributed by atoms with van der Waals surface area (Å²) >= 11 is 0. The molecule has 0 fully saturated rings. The van der Waals surface area contributed by atoms with Gasteiger partial charge in [-0.3, -0.25) is 19.5 Å². The fourth-order valence-corrected chi connectivity index (χ4v) is 3.77. The number of pyridine rings is 1. The van der Waals surface area contributed by atoms with Crippen molar-refractivity contribution in [2.75, 3.05) is 5.32 Å². The molecule has 1 aromatic heterocycles. The van der Waals surface area contributed by atoms with Crippen LogP contribution in [-0.4, -0.2) is 27.8 Å². The van der Waals surface area contributed by atoms with Gasteiger partial charge in [0, 0.05) is 18.1 Å². The Morgan fingerprint density at radius 2 is 1.64 bits per heavy atom. The number of hydrogen-bond donors (Lipinski definition) is 1. The molecule has 3 aromatic rings. The predicted octanol–water partition coefficient (Wildman–Crippen LogP) is 4.88. The molecule has 1 N–H and O–H groups in total. The van der Waals surface area contributed by atoms with Crippen molar-refractivity contribution in [2.24, 2.45) is 0 Å². The Bertz CT molecular complexity index is 1220. The zero-order valence-corrected chi connectivity index (χ0v) is 19.3. The number of anilines is 1. The molecule has 2 aromatic carbocycles. The van der Waals surface area contributed by atoms with E-state index in [0.717, 1.165) is 22.4 Å². The first kappa shape index (κ1) is 22.3. The summed E-state index contributed by atoms with van der Waals surface area (Å²) in [5, 5.41) is 3.27. The summed E-state index contributed by atoms with van der Waals surface area (Å²) in [5.41, 5.74) is 5.05. The fraction of sp³-hybridized carbons (Fsp3) is 0.222. The minimum absolute atomic E-state index is 0.0436. The number of rotatable bonds is 7. The molecule has 0 saturated heterocycles. The van der Waals surface area contributed by atoms with Gasteiger partial charge in [-0.25, -0.2) is 0 Å². The van der Waals surface area contributed by atoms with Gasteiger partial charge in [-0.05, 0) is 80.3 Å². The summed E-state index contributed by atoms with van der Waals surface area (Å²) in [5.74, 6) is 0.0289. The van der Waals surface area contributed by atoms with Crippen molar-refractivity contribution in [1.82, 2.24) is 9.88 Å². The van der Waals surface area contributed by atoms with E-state index in [0.29, 0.717) is 16.9 Å². The Morgan fingerprint density at radius 1 is 0.939 bits per heavy atom. The number of aromatic nitrogens is 1. The molecular weight excluding hydrogens is 414 g/mol. The highest BCUT2D eigenvalue weighted by Gasteiger charge is 2.39. The first-order chi connectivity index (χ1) is 15.8. The van der Waals surface area contributed by atoms with E-state index in [9.17, 15) is 9.59 Å². The fourth-order valence-electron chi connectivity index (χ4n) is 3.77. The second-order valence-electron chi connectivity index (χ2n) is 8.37. The van der Waals surface area contributed by atoms with E-state index < -0.39 is 0 Å². The highest BCUT2D eigenvalue weighted by Crippen LogP contribution is 2.33. The lowest BCUT2D eigenvalue weighted by molar-refractivity contribution is -0.137. The normalized spacial score (nSPS) is 13.8. The average Bonchev–Trinajstić information content (AvgIpc) is 3.02. The van der Waals surface area contributed by atoms with Crippen LogP contribution in [0.1, 0.15) is 36.1 Å². The lowest BCUT2D eigenvalue weighted by atomic mass is 10.0. The highest BCUT2D eigenvalue weighted by atomic mass is 16.5. The van der Waals surface area contributed by atoms with Gasteiger partial charge in [0.05, 0.1) is 18.2 Å². The molecule has 6 heteroatoms. The van der Waals surface area contributed by atoms with E-state index in [1.165, 1.54) is 4.90 Å². The molecular formula is C27H27N3O3. The van der Waals surface area contributed by atoms with Crippen LogP contribution in [-0.2, 0) is 16.1 Å². The molecule has 2 amide bonds. The molecule has 2 heterocycles. The highest BCUT2D eigenvalue weighted by molar-refractivity contribution is 6.36. The van der Waals surface area contributed by atoms with Gasteiger partial charge in [-0.15, -0.1) is 0 Å². The van der Waals surface area contributed by atoms with Crippen LogP contribution in [0, 0.1) is 13.8 Å². The molecule has 0 unspecified atom stereocenters. The molecule has 33 heavy (non-hydrogen) atoms. The van der Waals surface area contributed by atoms with Crippen LogP contribution in [0.15, 0.2) is 72.7 Å². The molecule has 0 bridgehead atoms. The molecule has 0 spiro atoms. The molecule has 0 saturated carbocycles. The van der Waals surface area contributed by atoms with Gasteiger partial charge in [0.1, 0.15) is 11.4 Å². The van der Waals surface area contributed by atoms with Gasteiger partial charge < -0.3 is 10.1 Å². The number of benzene rings is 2. The van der Waals surface area contributed by atoms with E-state index in [1.54, 1.807) is 24.5 Å². The molecule has 0 atom stereocenters. The first-order valence-corrected chi connectivity index (χ1v) is 10.9. The Balaban J connectivity index is 1.74. The number of hydrogen-bond acceptors (Lipinski definition) is 5. The second-order valence-corrected chi connectivity index (χ2v) is 8.37. The smallest absolute Gasteiger partial charge is 0.278 e. The van der Waals surface area contributed by atoms with Crippen LogP contribution in [0.3, 0.4) is 0 Å². The van der Waals surface area contributed by atoms with Gasteiger partial charge in [-0.2, -0.15) is 0 Å². The first-order valence-electron chi connectivity index (χ1n) is 10.9. The minimum Gasteiger partial charge on any atom is -0.491 e. The SMILES string of the molecule is Cc1cccc(NC2=C(c3ccc(OC(C)C)cc3)C(=O)N(Cc3ccncc3)C2=O)c1C. The molecule has 4 rings (SSSR count). The van der Waals surface area contributed by atoms with Crippen molar-refractivity contribution in [3.63, 3.8) is 0 Å². The Labute approximate surface area is 193 Å². The van der Waals surface area contributed by atoms with E-state index in [2.05, 4.69) is 10.3 Å². The topological polar surface area (TPSA) is 71.5 Å². The monoisotopic (exact) mass is 441 g/mol. The number of imide groups is 1. The summed E-state index contributed by atoms with van der Waals surface area (Å²) in [4.78, 5) is 32.2. The zero-order valence-electron chi connectivity index (χ0n) is 19.3. The third-order valence-corrected chi connectivity index (χ3v) is 5.64. The molecule has 0 radical (unpaired) electrons. The second kappa shape index (κ2) is 9.28. The summed E-state index contributed by atoms with van der Waals surface area (Å²) in [7, 11) is 0. The molecule has 0 aliphatic carbocycles. The summed E-state index contributed by atoms with van der Waals surface area (Å²) in [6, 6.07) is 16.7. The van der Waals surface area contributed by atoms with Gasteiger partial charge in [0.2, 0.25) is 0 Å². The predicted molar refractivity (Wildman–Crippen MR) is 128 cm³/mol. The number of nitrogens with zero attached hydrogens (tertiary/aromatic N) is 2. The van der Waals surface area contributed by atoms with Crippen molar-refractivity contribution in [3.05, 3.63) is 94.9 Å². The average molecular weight is 442 g/mol. The number of ether oxygens (including phenoxy) is 1. The van der Waals surface area contributed by atoms with E-state index >= 15 is 0 Å². The lowest BCUT2D eigenvalue weighted by Gasteiger charge is -2.16. The van der Waals surface area contributed by atoms with Gasteiger partial charge >= 0.3 is 0 Å². The van der Waals surface area contributed by atoms with Gasteiger partial charge in [0.25, 0.3) is 11.8 Å². The van der Waals surface area contributed by atoms with E-state index in [-0.39, 0.29) is 30.2 Å². The van der Waals surface area contributed by atoms with Crippen LogP contribution in [0.4, 0.5) is 5.69 Å². The third kappa shape index (κ3) is 4.65. The standard InChI is InChI=1S/C27H27N3O3/c1-17(2)33-22-10-8-21(9-11-22)24-25(29-23-7-5-6-18(3)19(23)4)27(32)30(26(24)31)16-20-12-14-28-15-13-20/h5-15,17,29H,16H2,1-4H3. The van der Waals surface area contributed by atoms with Crippen molar-refractivity contribution in [1.29, 1.82) is 0 Å². The minimum atomic E-state index is -0.352. The van der Waals surface area contributed by atoms with Crippen molar-refractivity contribution in [2.45, 2.75) is 40.3 Å². The number of amides is 2. The zero-order chi connectivity index (χ0) is 23.5. The van der Waals surface area contributed by atoms with Crippen molar-refractivity contribution < 1.29 is 14.3 Å². The van der Waals surface area contributed by atoms with E-state index in [4.69, 9.17) is 4.74 Å². The van der Waals surface area contributed by atoms with Crippen LogP contribution < -0.4 is 10.1 Å². The maximum absolute atomic E-state index is 13.5. The Morgan fingerprint density at radius 3 is 2.30 bits per heavy atom. The van der Waals surface area contributed by atoms with Crippen LogP contribution in [0.2, 0.25) is 0 Å². The third-order valence-electron chi connectivity index (χ3n) is 5.64. The molecule has 6 nitrogen and oxygen atoms in total. The summed E-state index contributed by atoms with van der Waals surface area (Å²) in [6.07, 6.45) is 3.34. The van der Waals surface area contributed by atoms with Crippen molar-refractivity contribution >= 4 is 23.1 Å². The molecule has 168 valence electrons. The number of carbonyl (C=O) groups is 2. The Hall–Kier alpha value is -3.93. The quantitative estimate of drug-likeness (QED) is 0.529. The Kier molecular flexibility index (Phi) is 6.27.